The van der Waals surface area contributed by atoms with Gasteiger partial charge in [0.05, 0.1) is 6.33 Å². The smallest absolute Gasteiger partial charge is 0.161 e. The number of amidine groups is 1. The summed E-state index contributed by atoms with van der Waals surface area (Å²) in [6.07, 6.45) is 12.2. The second-order valence-corrected chi connectivity index (χ2v) is 8.28. The number of hydrogen-bond donors (Lipinski definition) is 1. The lowest BCUT2D eigenvalue weighted by Gasteiger charge is -2.37. The summed E-state index contributed by atoms with van der Waals surface area (Å²) in [5.41, 5.74) is 0.958. The molecule has 4 unspecified atom stereocenters. The molecule has 0 amide bonds. The Hall–Kier alpha value is -1.07. The monoisotopic (exact) mass is 363 g/mol. The van der Waals surface area contributed by atoms with Crippen LogP contribution in [0.3, 0.4) is 0 Å². The van der Waals surface area contributed by atoms with Crippen molar-refractivity contribution in [2.75, 3.05) is 11.4 Å². The van der Waals surface area contributed by atoms with Crippen LogP contribution in [0.4, 0.5) is 5.82 Å². The highest BCUT2D eigenvalue weighted by Crippen LogP contribution is 2.50. The van der Waals surface area contributed by atoms with Crippen LogP contribution in [0.2, 0.25) is 0 Å². The van der Waals surface area contributed by atoms with Gasteiger partial charge >= 0.3 is 0 Å². The normalized spacial score (nSPS) is 30.7. The highest BCUT2D eigenvalue weighted by molar-refractivity contribution is 6.14. The van der Waals surface area contributed by atoms with Crippen LogP contribution in [0.5, 0.6) is 0 Å². The molecule has 1 aromatic rings. The number of aromatic nitrogens is 2. The van der Waals surface area contributed by atoms with E-state index < -0.39 is 0 Å². The van der Waals surface area contributed by atoms with E-state index in [1.807, 2.05) is 6.33 Å². The number of aliphatic imine (C=N–C) groups is 1. The zero-order chi connectivity index (χ0) is 17.4. The van der Waals surface area contributed by atoms with Gasteiger partial charge in [0.25, 0.3) is 0 Å². The Balaban J connectivity index is 1.63. The molecule has 3 aliphatic rings. The van der Waals surface area contributed by atoms with Gasteiger partial charge < -0.3 is 9.47 Å². The summed E-state index contributed by atoms with van der Waals surface area (Å²) in [6, 6.07) is 0. The molecule has 138 valence electrons. The third-order valence-electron chi connectivity index (χ3n) is 6.39. The van der Waals surface area contributed by atoms with Crippen LogP contribution in [-0.2, 0) is 7.05 Å². The van der Waals surface area contributed by atoms with Gasteiger partial charge in [0.2, 0.25) is 0 Å². The molecule has 6 heteroatoms. The molecule has 0 radical (unpaired) electrons. The van der Waals surface area contributed by atoms with Crippen LogP contribution in [0.25, 0.3) is 0 Å². The van der Waals surface area contributed by atoms with Crippen LogP contribution in [0.1, 0.15) is 70.2 Å². The Morgan fingerprint density at radius 2 is 2.12 bits per heavy atom. The van der Waals surface area contributed by atoms with E-state index in [4.69, 9.17) is 16.8 Å². The van der Waals surface area contributed by atoms with Gasteiger partial charge in [-0.3, -0.25) is 0 Å². The largest absolute Gasteiger partial charge is 0.320 e. The Kier molecular flexibility index (Phi) is 5.05. The van der Waals surface area contributed by atoms with Crippen LogP contribution < -0.4 is 9.74 Å². The van der Waals surface area contributed by atoms with Crippen LogP contribution in [-0.4, -0.2) is 21.9 Å². The number of unbranched alkanes of at least 4 members (excludes halogenated alkanes) is 3. The third-order valence-corrected chi connectivity index (χ3v) is 6.60. The summed E-state index contributed by atoms with van der Waals surface area (Å²) in [5.74, 6) is 4.77. The number of anilines is 1. The molecule has 0 spiro atoms. The molecule has 4 rings (SSSR count). The average Bonchev–Trinajstić information content (AvgIpc) is 3.34. The van der Waals surface area contributed by atoms with Crippen molar-refractivity contribution in [3.63, 3.8) is 0 Å². The number of nitrogens with zero attached hydrogens (tertiary/aromatic N) is 4. The van der Waals surface area contributed by atoms with Gasteiger partial charge in [-0.2, -0.15) is 0 Å². The minimum atomic E-state index is -0.223. The van der Waals surface area contributed by atoms with Crippen LogP contribution in [0, 0.1) is 17.8 Å². The molecule has 1 N–H and O–H groups in total. The molecule has 0 saturated heterocycles. The molecular weight excluding hydrogens is 334 g/mol. The first-order valence-corrected chi connectivity index (χ1v) is 10.3. The van der Waals surface area contributed by atoms with Crippen molar-refractivity contribution in [3.8, 4) is 0 Å². The van der Waals surface area contributed by atoms with Crippen molar-refractivity contribution in [2.24, 2.45) is 29.8 Å². The SMILES string of the molecule is CCCCCCN1C(C2CC3CCC2C3)=NC(NCl)c2ncn(C)c21. The lowest BCUT2D eigenvalue weighted by Crippen LogP contribution is -2.44. The van der Waals surface area contributed by atoms with E-state index in [1.165, 1.54) is 63.0 Å². The first kappa shape index (κ1) is 17.3. The standard InChI is InChI=1S/C19H30ClN5/c1-3-4-5-6-9-25-18(15-11-13-7-8-14(15)10-13)22-17(23-20)16-19(25)24(2)12-21-16/h12-15,17,23H,3-11H2,1-2H3. The van der Waals surface area contributed by atoms with Crippen molar-refractivity contribution in [1.29, 1.82) is 0 Å². The number of halogens is 1. The summed E-state index contributed by atoms with van der Waals surface area (Å²) >= 11 is 6.04. The minimum absolute atomic E-state index is 0.223. The maximum absolute atomic E-state index is 6.04. The number of hydrogen-bond acceptors (Lipinski definition) is 4. The molecule has 2 bridgehead atoms. The van der Waals surface area contributed by atoms with Crippen molar-refractivity contribution in [2.45, 2.75) is 64.5 Å². The van der Waals surface area contributed by atoms with Gasteiger partial charge in [-0.25, -0.2) is 14.8 Å². The van der Waals surface area contributed by atoms with Gasteiger partial charge in [0, 0.05) is 19.5 Å². The Morgan fingerprint density at radius 1 is 1.24 bits per heavy atom. The van der Waals surface area contributed by atoms with E-state index >= 15 is 0 Å². The predicted molar refractivity (Wildman–Crippen MR) is 103 cm³/mol. The zero-order valence-electron chi connectivity index (χ0n) is 15.4. The van der Waals surface area contributed by atoms with Gasteiger partial charge in [-0.1, -0.05) is 32.6 Å². The Morgan fingerprint density at radius 3 is 2.80 bits per heavy atom. The predicted octanol–water partition coefficient (Wildman–Crippen LogP) is 4.40. The summed E-state index contributed by atoms with van der Waals surface area (Å²) in [5, 5.41) is 0. The van der Waals surface area contributed by atoms with Crippen molar-refractivity contribution in [1.82, 2.24) is 14.4 Å². The fourth-order valence-electron chi connectivity index (χ4n) is 5.19. The number of nitrogens with one attached hydrogen (secondary N) is 1. The Bertz CT molecular complexity index is 640. The highest BCUT2D eigenvalue weighted by Gasteiger charge is 2.45. The molecule has 1 aromatic heterocycles. The van der Waals surface area contributed by atoms with E-state index in [9.17, 15) is 0 Å². The summed E-state index contributed by atoms with van der Waals surface area (Å²) in [6.45, 7) is 3.30. The molecule has 25 heavy (non-hydrogen) atoms. The third kappa shape index (κ3) is 3.10. The molecule has 2 aliphatic carbocycles. The summed E-state index contributed by atoms with van der Waals surface area (Å²) in [7, 11) is 2.08. The number of aryl methyl sites for hydroxylation is 1. The van der Waals surface area contributed by atoms with E-state index in [0.29, 0.717) is 5.92 Å². The van der Waals surface area contributed by atoms with Crippen molar-refractivity contribution < 1.29 is 0 Å². The lowest BCUT2D eigenvalue weighted by molar-refractivity contribution is 0.406. The first-order valence-electron chi connectivity index (χ1n) is 9.95. The second-order valence-electron chi connectivity index (χ2n) is 8.06. The Labute approximate surface area is 156 Å². The fourth-order valence-corrected chi connectivity index (χ4v) is 5.34. The second kappa shape index (κ2) is 7.28. The molecule has 0 aromatic carbocycles. The highest BCUT2D eigenvalue weighted by atomic mass is 35.5. The molecule has 5 nitrogen and oxygen atoms in total. The average molecular weight is 364 g/mol. The van der Waals surface area contributed by atoms with Gasteiger partial charge in [0.15, 0.2) is 6.17 Å². The van der Waals surface area contributed by atoms with Crippen LogP contribution in [0.15, 0.2) is 11.3 Å². The van der Waals surface area contributed by atoms with Crippen molar-refractivity contribution in [3.05, 3.63) is 12.0 Å². The minimum Gasteiger partial charge on any atom is -0.320 e. The maximum Gasteiger partial charge on any atom is 0.161 e. The fraction of sp³-hybridized carbons (Fsp3) is 0.789. The van der Waals surface area contributed by atoms with Gasteiger partial charge in [0.1, 0.15) is 17.3 Å². The topological polar surface area (TPSA) is 45.4 Å². The summed E-state index contributed by atoms with van der Waals surface area (Å²) < 4.78 is 2.14. The lowest BCUT2D eigenvalue weighted by atomic mass is 9.86. The van der Waals surface area contributed by atoms with E-state index in [-0.39, 0.29) is 6.17 Å². The van der Waals surface area contributed by atoms with Gasteiger partial charge in [-0.15, -0.1) is 0 Å². The number of fused-ring (bicyclic) bond motifs is 3. The molecule has 2 heterocycles. The van der Waals surface area contributed by atoms with E-state index in [2.05, 4.69) is 33.3 Å². The molecule has 1 aliphatic heterocycles. The zero-order valence-corrected chi connectivity index (χ0v) is 16.2. The molecule has 2 saturated carbocycles. The number of imidazole rings is 1. The van der Waals surface area contributed by atoms with Crippen molar-refractivity contribution >= 4 is 23.4 Å². The van der Waals surface area contributed by atoms with E-state index in [1.54, 1.807) is 0 Å². The first-order chi connectivity index (χ1) is 12.2. The molecular formula is C19H30ClN5. The quantitative estimate of drug-likeness (QED) is 0.577. The molecule has 2 fully saturated rings. The summed E-state index contributed by atoms with van der Waals surface area (Å²) in [4.78, 5) is 15.0. The number of rotatable bonds is 7. The van der Waals surface area contributed by atoms with Gasteiger partial charge in [-0.05, 0) is 49.3 Å². The maximum atomic E-state index is 6.04. The van der Waals surface area contributed by atoms with E-state index in [0.717, 1.165) is 24.1 Å². The molecule has 4 atom stereocenters. The van der Waals surface area contributed by atoms with Crippen LogP contribution >= 0.6 is 11.8 Å².